The van der Waals surface area contributed by atoms with Crippen LogP contribution in [0.1, 0.15) is 17.2 Å². The van der Waals surface area contributed by atoms with Crippen LogP contribution in [0.25, 0.3) is 5.69 Å². The predicted octanol–water partition coefficient (Wildman–Crippen LogP) is 3.35. The first-order valence-corrected chi connectivity index (χ1v) is 7.83. The van der Waals surface area contributed by atoms with E-state index in [1.165, 1.54) is 0 Å². The number of halogens is 1. The summed E-state index contributed by atoms with van der Waals surface area (Å²) in [6.45, 7) is 0.684. The van der Waals surface area contributed by atoms with Gasteiger partial charge in [-0.25, -0.2) is 4.68 Å². The van der Waals surface area contributed by atoms with E-state index in [2.05, 4.69) is 22.5 Å². The van der Waals surface area contributed by atoms with Crippen molar-refractivity contribution in [3.63, 3.8) is 0 Å². The first-order chi connectivity index (χ1) is 11.3. The van der Waals surface area contributed by atoms with Crippen molar-refractivity contribution in [2.75, 3.05) is 6.61 Å². The lowest BCUT2D eigenvalue weighted by molar-refractivity contribution is 0.243. The van der Waals surface area contributed by atoms with Crippen molar-refractivity contribution in [1.29, 1.82) is 0 Å². The van der Waals surface area contributed by atoms with Crippen LogP contribution in [0.5, 0.6) is 0 Å². The average molecular weight is 328 g/mol. The van der Waals surface area contributed by atoms with E-state index in [1.807, 2.05) is 53.3 Å². The van der Waals surface area contributed by atoms with Gasteiger partial charge in [-0.05, 0) is 41.5 Å². The van der Waals surface area contributed by atoms with Crippen molar-refractivity contribution >= 4 is 11.6 Å². The molecule has 4 nitrogen and oxygen atoms in total. The highest BCUT2D eigenvalue weighted by Gasteiger charge is 2.10. The van der Waals surface area contributed by atoms with Gasteiger partial charge in [-0.3, -0.25) is 0 Å². The standard InChI is InChI=1S/C18H18ClN3O/c19-16-7-5-15(6-8-16)18(13-23)20-12-14-3-1-4-17(11-14)22-10-2-9-21-22/h1-11,18,20,23H,12-13H2. The Morgan fingerprint density at radius 1 is 1.13 bits per heavy atom. The summed E-state index contributed by atoms with van der Waals surface area (Å²) in [6, 6.07) is 17.4. The number of hydrogen-bond acceptors (Lipinski definition) is 3. The van der Waals surface area contributed by atoms with Crippen molar-refractivity contribution in [3.05, 3.63) is 83.1 Å². The summed E-state index contributed by atoms with van der Waals surface area (Å²) in [5.41, 5.74) is 3.16. The molecule has 2 aromatic carbocycles. The highest BCUT2D eigenvalue weighted by atomic mass is 35.5. The van der Waals surface area contributed by atoms with Gasteiger partial charge in [-0.1, -0.05) is 35.9 Å². The first kappa shape index (κ1) is 15.7. The number of aliphatic hydroxyl groups is 1. The fraction of sp³-hybridized carbons (Fsp3) is 0.167. The van der Waals surface area contributed by atoms with Crippen LogP contribution in [0, 0.1) is 0 Å². The molecule has 0 spiro atoms. The van der Waals surface area contributed by atoms with Gasteiger partial charge >= 0.3 is 0 Å². The van der Waals surface area contributed by atoms with Gasteiger partial charge in [0.25, 0.3) is 0 Å². The van der Waals surface area contributed by atoms with Gasteiger partial charge < -0.3 is 10.4 Å². The Morgan fingerprint density at radius 2 is 1.96 bits per heavy atom. The molecule has 0 aliphatic heterocycles. The van der Waals surface area contributed by atoms with Crippen LogP contribution in [0.3, 0.4) is 0 Å². The van der Waals surface area contributed by atoms with Crippen LogP contribution < -0.4 is 5.32 Å². The number of nitrogens with one attached hydrogen (secondary N) is 1. The molecule has 0 aliphatic carbocycles. The van der Waals surface area contributed by atoms with Gasteiger partial charge in [0.1, 0.15) is 0 Å². The predicted molar refractivity (Wildman–Crippen MR) is 91.7 cm³/mol. The highest BCUT2D eigenvalue weighted by molar-refractivity contribution is 6.30. The zero-order valence-corrected chi connectivity index (χ0v) is 13.3. The van der Waals surface area contributed by atoms with Crippen LogP contribution in [-0.4, -0.2) is 21.5 Å². The van der Waals surface area contributed by atoms with Crippen molar-refractivity contribution in [1.82, 2.24) is 15.1 Å². The van der Waals surface area contributed by atoms with Gasteiger partial charge in [0.05, 0.1) is 18.3 Å². The Kier molecular flexibility index (Phi) is 5.08. The number of hydrogen-bond donors (Lipinski definition) is 2. The zero-order chi connectivity index (χ0) is 16.1. The molecule has 0 radical (unpaired) electrons. The average Bonchev–Trinajstić information content (AvgIpc) is 3.12. The molecule has 5 heteroatoms. The molecule has 1 aromatic heterocycles. The third kappa shape index (κ3) is 3.99. The van der Waals surface area contributed by atoms with Crippen LogP contribution in [0.15, 0.2) is 67.0 Å². The maximum atomic E-state index is 9.62. The third-order valence-corrected chi connectivity index (χ3v) is 3.94. The van der Waals surface area contributed by atoms with E-state index in [0.717, 1.165) is 16.8 Å². The lowest BCUT2D eigenvalue weighted by Gasteiger charge is -2.17. The van der Waals surface area contributed by atoms with Gasteiger partial charge in [0, 0.05) is 24.0 Å². The van der Waals surface area contributed by atoms with E-state index in [0.29, 0.717) is 11.6 Å². The largest absolute Gasteiger partial charge is 0.394 e. The number of benzene rings is 2. The molecule has 1 heterocycles. The molecule has 0 saturated heterocycles. The number of aliphatic hydroxyl groups excluding tert-OH is 1. The number of aromatic nitrogens is 2. The number of rotatable bonds is 6. The minimum atomic E-state index is -0.124. The van der Waals surface area contributed by atoms with Gasteiger partial charge in [0.15, 0.2) is 0 Å². The summed E-state index contributed by atoms with van der Waals surface area (Å²) in [5.74, 6) is 0. The van der Waals surface area contributed by atoms with Crippen molar-refractivity contribution in [3.8, 4) is 5.69 Å². The Labute approximate surface area is 140 Å². The summed E-state index contributed by atoms with van der Waals surface area (Å²) in [6.07, 6.45) is 3.67. The molecule has 0 amide bonds. The lowest BCUT2D eigenvalue weighted by Crippen LogP contribution is -2.24. The molecule has 23 heavy (non-hydrogen) atoms. The maximum absolute atomic E-state index is 9.62. The second-order valence-corrected chi connectivity index (χ2v) is 5.72. The third-order valence-electron chi connectivity index (χ3n) is 3.69. The van der Waals surface area contributed by atoms with E-state index in [1.54, 1.807) is 6.20 Å². The van der Waals surface area contributed by atoms with E-state index < -0.39 is 0 Å². The molecular formula is C18H18ClN3O. The monoisotopic (exact) mass is 327 g/mol. The molecule has 3 rings (SSSR count). The zero-order valence-electron chi connectivity index (χ0n) is 12.6. The second-order valence-electron chi connectivity index (χ2n) is 5.29. The second kappa shape index (κ2) is 7.42. The molecule has 2 N–H and O–H groups in total. The molecule has 0 bridgehead atoms. The molecule has 1 atom stereocenters. The van der Waals surface area contributed by atoms with Crippen LogP contribution in [0.2, 0.25) is 5.02 Å². The Bertz CT molecular complexity index is 741. The summed E-state index contributed by atoms with van der Waals surface area (Å²) in [4.78, 5) is 0. The van der Waals surface area contributed by atoms with Gasteiger partial charge in [0.2, 0.25) is 0 Å². The lowest BCUT2D eigenvalue weighted by atomic mass is 10.1. The smallest absolute Gasteiger partial charge is 0.0648 e. The summed E-state index contributed by atoms with van der Waals surface area (Å²) >= 11 is 5.91. The SMILES string of the molecule is OCC(NCc1cccc(-n2cccn2)c1)c1ccc(Cl)cc1. The van der Waals surface area contributed by atoms with Crippen molar-refractivity contribution in [2.24, 2.45) is 0 Å². The van der Waals surface area contributed by atoms with Crippen molar-refractivity contribution < 1.29 is 5.11 Å². The molecule has 1 unspecified atom stereocenters. The fourth-order valence-electron chi connectivity index (χ4n) is 2.45. The molecular weight excluding hydrogens is 310 g/mol. The van der Waals surface area contributed by atoms with Crippen LogP contribution in [0.4, 0.5) is 0 Å². The quantitative estimate of drug-likeness (QED) is 0.730. The minimum absolute atomic E-state index is 0.0283. The summed E-state index contributed by atoms with van der Waals surface area (Å²) in [5, 5.41) is 17.9. The highest BCUT2D eigenvalue weighted by Crippen LogP contribution is 2.17. The van der Waals surface area contributed by atoms with Gasteiger partial charge in [-0.15, -0.1) is 0 Å². The molecule has 0 aliphatic rings. The fourth-order valence-corrected chi connectivity index (χ4v) is 2.58. The van der Waals surface area contributed by atoms with E-state index in [-0.39, 0.29) is 12.6 Å². The molecule has 0 fully saturated rings. The maximum Gasteiger partial charge on any atom is 0.0648 e. The van der Waals surface area contributed by atoms with Gasteiger partial charge in [-0.2, -0.15) is 5.10 Å². The molecule has 3 aromatic rings. The Hall–Kier alpha value is -2.14. The topological polar surface area (TPSA) is 50.1 Å². The Balaban J connectivity index is 1.69. The van der Waals surface area contributed by atoms with Crippen molar-refractivity contribution in [2.45, 2.75) is 12.6 Å². The van der Waals surface area contributed by atoms with Crippen LogP contribution in [-0.2, 0) is 6.54 Å². The van der Waals surface area contributed by atoms with E-state index in [4.69, 9.17) is 11.6 Å². The normalized spacial score (nSPS) is 12.3. The molecule has 0 saturated carbocycles. The summed E-state index contributed by atoms with van der Waals surface area (Å²) < 4.78 is 1.83. The minimum Gasteiger partial charge on any atom is -0.394 e. The van der Waals surface area contributed by atoms with E-state index in [9.17, 15) is 5.11 Å². The first-order valence-electron chi connectivity index (χ1n) is 7.45. The van der Waals surface area contributed by atoms with Crippen LogP contribution >= 0.6 is 11.6 Å². The molecule has 118 valence electrons. The summed E-state index contributed by atoms with van der Waals surface area (Å²) in [7, 11) is 0. The number of nitrogens with zero attached hydrogens (tertiary/aromatic N) is 2. The van der Waals surface area contributed by atoms with E-state index >= 15 is 0 Å². The Morgan fingerprint density at radius 3 is 2.65 bits per heavy atom.